The number of nitrogens with one attached hydrogen (secondary N) is 1. The molecular weight excluding hydrogens is 475 g/mol. The van der Waals surface area contributed by atoms with E-state index in [4.69, 9.17) is 34.8 Å². The van der Waals surface area contributed by atoms with Crippen LogP contribution in [0.2, 0.25) is 15.1 Å². The van der Waals surface area contributed by atoms with E-state index in [0.717, 1.165) is 17.5 Å². The fraction of sp³-hybridized carbons (Fsp3) is 0.391. The number of carbonyl (C=O) groups is 2. The fourth-order valence-electron chi connectivity index (χ4n) is 2.85. The van der Waals surface area contributed by atoms with Crippen LogP contribution < -0.4 is 5.32 Å². The van der Waals surface area contributed by atoms with Crippen LogP contribution in [0.5, 0.6) is 0 Å². The van der Waals surface area contributed by atoms with Crippen LogP contribution in [0.3, 0.4) is 0 Å². The van der Waals surface area contributed by atoms with Crippen molar-refractivity contribution < 1.29 is 9.59 Å². The van der Waals surface area contributed by atoms with Crippen molar-refractivity contribution in [3.63, 3.8) is 0 Å². The molecular formula is C23H27Cl3N2O2S. The van der Waals surface area contributed by atoms with Crippen molar-refractivity contribution >= 4 is 58.4 Å². The maximum Gasteiger partial charge on any atom is 0.242 e. The molecule has 0 aliphatic heterocycles. The Hall–Kier alpha value is -1.40. The van der Waals surface area contributed by atoms with Gasteiger partial charge in [0.2, 0.25) is 11.8 Å². The van der Waals surface area contributed by atoms with Crippen molar-refractivity contribution in [1.82, 2.24) is 10.2 Å². The van der Waals surface area contributed by atoms with E-state index in [1.807, 2.05) is 44.2 Å². The summed E-state index contributed by atoms with van der Waals surface area (Å²) in [6.07, 6.45) is 0.814. The number of hydrogen-bond acceptors (Lipinski definition) is 3. The summed E-state index contributed by atoms with van der Waals surface area (Å²) in [7, 11) is 0. The zero-order chi connectivity index (χ0) is 23.0. The van der Waals surface area contributed by atoms with E-state index in [0.29, 0.717) is 20.8 Å². The highest BCUT2D eigenvalue weighted by molar-refractivity contribution is 7.99. The minimum atomic E-state index is -0.622. The lowest BCUT2D eigenvalue weighted by Crippen LogP contribution is -2.50. The first kappa shape index (κ1) is 25.9. The Kier molecular flexibility index (Phi) is 10.5. The van der Waals surface area contributed by atoms with Crippen molar-refractivity contribution in [2.24, 2.45) is 0 Å². The summed E-state index contributed by atoms with van der Waals surface area (Å²) in [6.45, 7) is 5.95. The second-order valence-electron chi connectivity index (χ2n) is 7.39. The molecule has 0 radical (unpaired) electrons. The number of halogens is 3. The van der Waals surface area contributed by atoms with Crippen LogP contribution in [0.4, 0.5) is 0 Å². The molecule has 0 fully saturated rings. The van der Waals surface area contributed by atoms with E-state index in [2.05, 4.69) is 5.32 Å². The average Bonchev–Trinajstić information content (AvgIpc) is 2.73. The van der Waals surface area contributed by atoms with Crippen molar-refractivity contribution in [3.05, 3.63) is 68.7 Å². The number of nitrogens with zero attached hydrogens (tertiary/aromatic N) is 1. The van der Waals surface area contributed by atoms with E-state index in [9.17, 15) is 9.59 Å². The zero-order valence-electron chi connectivity index (χ0n) is 17.8. The lowest BCUT2D eigenvalue weighted by Gasteiger charge is -2.29. The molecule has 2 aromatic carbocycles. The van der Waals surface area contributed by atoms with Crippen LogP contribution >= 0.6 is 46.6 Å². The molecule has 0 aromatic heterocycles. The van der Waals surface area contributed by atoms with Crippen LogP contribution in [-0.2, 0) is 21.9 Å². The normalized spacial score (nSPS) is 12.8. The molecule has 0 aliphatic carbocycles. The molecule has 2 amide bonds. The first-order chi connectivity index (χ1) is 14.7. The highest BCUT2D eigenvalue weighted by Crippen LogP contribution is 2.24. The van der Waals surface area contributed by atoms with Gasteiger partial charge in [0.15, 0.2) is 0 Å². The smallest absolute Gasteiger partial charge is 0.242 e. The minimum absolute atomic E-state index is 0.0362. The monoisotopic (exact) mass is 500 g/mol. The fourth-order valence-corrected chi connectivity index (χ4v) is 4.24. The van der Waals surface area contributed by atoms with Gasteiger partial charge < -0.3 is 10.2 Å². The topological polar surface area (TPSA) is 49.4 Å². The summed E-state index contributed by atoms with van der Waals surface area (Å²) >= 11 is 19.7. The highest BCUT2D eigenvalue weighted by atomic mass is 35.5. The molecule has 2 aromatic rings. The Balaban J connectivity index is 2.11. The Morgan fingerprint density at radius 1 is 1.03 bits per heavy atom. The summed E-state index contributed by atoms with van der Waals surface area (Å²) in [4.78, 5) is 27.4. The maximum absolute atomic E-state index is 13.1. The Bertz CT molecular complexity index is 910. The molecule has 0 aliphatic rings. The van der Waals surface area contributed by atoms with E-state index in [1.165, 1.54) is 11.8 Å². The molecule has 0 bridgehead atoms. The quantitative estimate of drug-likeness (QED) is 0.421. The minimum Gasteiger partial charge on any atom is -0.352 e. The Morgan fingerprint density at radius 3 is 2.42 bits per heavy atom. The molecule has 168 valence electrons. The van der Waals surface area contributed by atoms with Crippen LogP contribution in [0.15, 0.2) is 42.5 Å². The van der Waals surface area contributed by atoms with Gasteiger partial charge in [-0.25, -0.2) is 0 Å². The van der Waals surface area contributed by atoms with E-state index in [-0.39, 0.29) is 30.2 Å². The van der Waals surface area contributed by atoms with Crippen LogP contribution in [-0.4, -0.2) is 34.6 Å². The van der Waals surface area contributed by atoms with Gasteiger partial charge in [-0.2, -0.15) is 0 Å². The molecule has 2 unspecified atom stereocenters. The molecule has 0 heterocycles. The van der Waals surface area contributed by atoms with Gasteiger partial charge in [0.1, 0.15) is 6.04 Å². The van der Waals surface area contributed by atoms with Gasteiger partial charge in [-0.15, -0.1) is 11.8 Å². The average molecular weight is 502 g/mol. The maximum atomic E-state index is 13.1. The molecule has 0 saturated heterocycles. The summed E-state index contributed by atoms with van der Waals surface area (Å²) < 4.78 is 0. The van der Waals surface area contributed by atoms with Crippen LogP contribution in [0, 0.1) is 0 Å². The number of hydrogen-bond donors (Lipinski definition) is 1. The van der Waals surface area contributed by atoms with Crippen LogP contribution in [0.25, 0.3) is 0 Å². The summed E-state index contributed by atoms with van der Waals surface area (Å²) in [5, 5.41) is 4.49. The lowest BCUT2D eigenvalue weighted by molar-refractivity contribution is -0.138. The largest absolute Gasteiger partial charge is 0.352 e. The van der Waals surface area contributed by atoms with E-state index in [1.54, 1.807) is 24.0 Å². The van der Waals surface area contributed by atoms with Gasteiger partial charge in [0.25, 0.3) is 0 Å². The van der Waals surface area contributed by atoms with Gasteiger partial charge in [0.05, 0.1) is 15.8 Å². The predicted octanol–water partition coefficient (Wildman–Crippen LogP) is 6.21. The molecule has 2 rings (SSSR count). The lowest BCUT2D eigenvalue weighted by atomic mass is 10.1. The first-order valence-corrected chi connectivity index (χ1v) is 12.4. The third-order valence-electron chi connectivity index (χ3n) is 4.89. The number of benzene rings is 2. The highest BCUT2D eigenvalue weighted by Gasteiger charge is 2.26. The Labute approximate surface area is 203 Å². The first-order valence-electron chi connectivity index (χ1n) is 10.1. The molecule has 0 saturated carbocycles. The van der Waals surface area contributed by atoms with Gasteiger partial charge in [-0.05, 0) is 55.7 Å². The molecule has 8 heteroatoms. The number of carbonyl (C=O) groups excluding carboxylic acids is 2. The molecule has 31 heavy (non-hydrogen) atoms. The summed E-state index contributed by atoms with van der Waals surface area (Å²) in [5.41, 5.74) is 1.86. The molecule has 4 nitrogen and oxygen atoms in total. The van der Waals surface area contributed by atoms with Crippen molar-refractivity contribution in [1.29, 1.82) is 0 Å². The SMILES string of the molecule is CCC(C)NC(=O)C(C)N(Cc1ccc(Cl)c(Cl)c1)C(=O)CSCc1cccc(Cl)c1. The van der Waals surface area contributed by atoms with Crippen molar-refractivity contribution in [3.8, 4) is 0 Å². The number of thioether (sulfide) groups is 1. The zero-order valence-corrected chi connectivity index (χ0v) is 20.9. The summed E-state index contributed by atoms with van der Waals surface area (Å²) in [5.74, 6) is 0.599. The summed E-state index contributed by atoms with van der Waals surface area (Å²) in [6, 6.07) is 12.2. The van der Waals surface area contributed by atoms with Gasteiger partial charge in [-0.1, -0.05) is 59.9 Å². The molecule has 1 N–H and O–H groups in total. The van der Waals surface area contributed by atoms with Gasteiger partial charge in [-0.3, -0.25) is 9.59 Å². The third kappa shape index (κ3) is 8.23. The predicted molar refractivity (Wildman–Crippen MR) is 132 cm³/mol. The Morgan fingerprint density at radius 2 is 1.77 bits per heavy atom. The van der Waals surface area contributed by atoms with E-state index < -0.39 is 6.04 Å². The second kappa shape index (κ2) is 12.6. The van der Waals surface area contributed by atoms with E-state index >= 15 is 0 Å². The molecule has 0 spiro atoms. The standard InChI is InChI=1S/C23H27Cl3N2O2S/c1-4-15(2)27-23(30)16(3)28(12-17-8-9-20(25)21(26)11-17)22(29)14-31-13-18-6-5-7-19(24)10-18/h5-11,15-16H,4,12-14H2,1-3H3,(H,27,30). The van der Waals surface area contributed by atoms with Crippen LogP contribution in [0.1, 0.15) is 38.3 Å². The van der Waals surface area contributed by atoms with Crippen molar-refractivity contribution in [2.75, 3.05) is 5.75 Å². The second-order valence-corrected chi connectivity index (χ2v) is 9.62. The van der Waals surface area contributed by atoms with Crippen molar-refractivity contribution in [2.45, 2.75) is 51.6 Å². The molecule has 2 atom stereocenters. The van der Waals surface area contributed by atoms with Gasteiger partial charge >= 0.3 is 0 Å². The number of rotatable bonds is 10. The number of amides is 2. The third-order valence-corrected chi connectivity index (χ3v) is 6.85. The van der Waals surface area contributed by atoms with Gasteiger partial charge in [0, 0.05) is 23.4 Å².